The molecule has 4 nitrogen and oxygen atoms in total. The molecule has 1 fully saturated rings. The summed E-state index contributed by atoms with van der Waals surface area (Å²) in [5.41, 5.74) is 5.19. The van der Waals surface area contributed by atoms with Crippen LogP contribution in [0.2, 0.25) is 0 Å². The highest BCUT2D eigenvalue weighted by Gasteiger charge is 2.29. The lowest BCUT2D eigenvalue weighted by molar-refractivity contribution is -0.130. The number of carbonyl (C=O) groups excluding carboxylic acids is 1. The number of nitrogens with two attached hydrogens (primary N) is 1. The van der Waals surface area contributed by atoms with Gasteiger partial charge in [-0.15, -0.1) is 0 Å². The zero-order valence-corrected chi connectivity index (χ0v) is 7.36. The number of aliphatic hydroxyl groups is 1. The number of hydrogen-bond acceptors (Lipinski definition) is 4. The van der Waals surface area contributed by atoms with Crippen molar-refractivity contribution in [1.82, 2.24) is 4.90 Å². The molecule has 0 radical (unpaired) electrons. The number of Topliss-reactive ketones (excluding diaryl/α,β-unsaturated/α-hetero) is 1. The predicted molar refractivity (Wildman–Crippen MR) is 45.7 cm³/mol. The van der Waals surface area contributed by atoms with Crippen molar-refractivity contribution in [3.05, 3.63) is 0 Å². The van der Waals surface area contributed by atoms with Crippen molar-refractivity contribution < 1.29 is 9.90 Å². The summed E-state index contributed by atoms with van der Waals surface area (Å²) in [5.74, 6) is -0.101. The molecule has 0 spiro atoms. The van der Waals surface area contributed by atoms with Gasteiger partial charge in [-0.05, 0) is 20.0 Å². The van der Waals surface area contributed by atoms with Crippen LogP contribution in [0.1, 0.15) is 6.42 Å². The van der Waals surface area contributed by atoms with Gasteiger partial charge in [-0.2, -0.15) is 0 Å². The first-order chi connectivity index (χ1) is 5.65. The van der Waals surface area contributed by atoms with Crippen LogP contribution in [0.25, 0.3) is 0 Å². The second-order valence-electron chi connectivity index (χ2n) is 3.40. The molecule has 70 valence electrons. The molecule has 3 N–H and O–H groups in total. The van der Waals surface area contributed by atoms with Gasteiger partial charge >= 0.3 is 0 Å². The highest BCUT2D eigenvalue weighted by Crippen LogP contribution is 2.16. The average molecular weight is 172 g/mol. The first-order valence-corrected chi connectivity index (χ1v) is 4.25. The Labute approximate surface area is 72.3 Å². The normalized spacial score (nSPS) is 27.4. The van der Waals surface area contributed by atoms with Gasteiger partial charge in [0, 0.05) is 19.0 Å². The molecule has 2 unspecified atom stereocenters. The lowest BCUT2D eigenvalue weighted by Gasteiger charge is -2.12. The van der Waals surface area contributed by atoms with Gasteiger partial charge in [-0.25, -0.2) is 0 Å². The number of aliphatic hydroxyl groups excluding tert-OH is 1. The highest BCUT2D eigenvalue weighted by atomic mass is 16.3. The van der Waals surface area contributed by atoms with Crippen LogP contribution in [-0.4, -0.2) is 48.6 Å². The molecule has 0 aromatic carbocycles. The van der Waals surface area contributed by atoms with Crippen LogP contribution >= 0.6 is 0 Å². The van der Waals surface area contributed by atoms with Crippen molar-refractivity contribution in [3.8, 4) is 0 Å². The van der Waals surface area contributed by atoms with Gasteiger partial charge in [-0.3, -0.25) is 4.79 Å². The summed E-state index contributed by atoms with van der Waals surface area (Å²) in [4.78, 5) is 13.5. The van der Waals surface area contributed by atoms with E-state index in [9.17, 15) is 9.90 Å². The van der Waals surface area contributed by atoms with E-state index in [-0.39, 0.29) is 18.2 Å². The third-order valence-electron chi connectivity index (χ3n) is 2.35. The third-order valence-corrected chi connectivity index (χ3v) is 2.35. The Morgan fingerprint density at radius 3 is 2.92 bits per heavy atom. The van der Waals surface area contributed by atoms with Crippen LogP contribution in [0.15, 0.2) is 0 Å². The quantitative estimate of drug-likeness (QED) is 0.563. The molecule has 0 saturated carbocycles. The van der Waals surface area contributed by atoms with E-state index in [1.165, 1.54) is 0 Å². The lowest BCUT2D eigenvalue weighted by atomic mass is 9.99. The fourth-order valence-electron chi connectivity index (χ4n) is 1.56. The SMILES string of the molecule is CN1CCC(C(=O)C(O)CN)C1. The molecule has 0 aromatic rings. The van der Waals surface area contributed by atoms with Crippen molar-refractivity contribution in [1.29, 1.82) is 0 Å². The first kappa shape index (κ1) is 9.64. The molecule has 1 saturated heterocycles. The fourth-order valence-corrected chi connectivity index (χ4v) is 1.56. The summed E-state index contributed by atoms with van der Waals surface area (Å²) in [6.07, 6.45) is -0.103. The summed E-state index contributed by atoms with van der Waals surface area (Å²) in [6, 6.07) is 0. The van der Waals surface area contributed by atoms with Crippen molar-refractivity contribution >= 4 is 5.78 Å². The van der Waals surface area contributed by atoms with Crippen molar-refractivity contribution in [2.45, 2.75) is 12.5 Å². The third kappa shape index (κ3) is 2.03. The van der Waals surface area contributed by atoms with Crippen molar-refractivity contribution in [3.63, 3.8) is 0 Å². The Morgan fingerprint density at radius 2 is 2.50 bits per heavy atom. The van der Waals surface area contributed by atoms with Crippen LogP contribution in [0.4, 0.5) is 0 Å². The van der Waals surface area contributed by atoms with Crippen LogP contribution < -0.4 is 5.73 Å². The Bertz CT molecular complexity index is 172. The molecule has 0 bridgehead atoms. The number of rotatable bonds is 3. The highest BCUT2D eigenvalue weighted by molar-refractivity contribution is 5.85. The molecule has 1 aliphatic heterocycles. The molecule has 0 aliphatic carbocycles. The minimum Gasteiger partial charge on any atom is -0.384 e. The van der Waals surface area contributed by atoms with Crippen LogP contribution in [0.5, 0.6) is 0 Å². The maximum absolute atomic E-state index is 11.4. The van der Waals surface area contributed by atoms with Gasteiger partial charge in [0.05, 0.1) is 0 Å². The number of hydrogen-bond donors (Lipinski definition) is 2. The van der Waals surface area contributed by atoms with Gasteiger partial charge in [0.25, 0.3) is 0 Å². The van der Waals surface area contributed by atoms with Gasteiger partial charge in [0.15, 0.2) is 5.78 Å². The molecule has 1 aliphatic rings. The molecular weight excluding hydrogens is 156 g/mol. The van der Waals surface area contributed by atoms with E-state index in [0.717, 1.165) is 19.5 Å². The van der Waals surface area contributed by atoms with Crippen molar-refractivity contribution in [2.75, 3.05) is 26.7 Å². The molecule has 0 aromatic heterocycles. The number of ketones is 1. The lowest BCUT2D eigenvalue weighted by Crippen LogP contribution is -2.35. The molecule has 4 heteroatoms. The van der Waals surface area contributed by atoms with E-state index >= 15 is 0 Å². The average Bonchev–Trinajstić information content (AvgIpc) is 2.49. The molecular formula is C8H16N2O2. The maximum atomic E-state index is 11.4. The smallest absolute Gasteiger partial charge is 0.166 e. The Kier molecular flexibility index (Phi) is 3.20. The van der Waals surface area contributed by atoms with Gasteiger partial charge in [0.2, 0.25) is 0 Å². The molecule has 1 rings (SSSR count). The molecule has 12 heavy (non-hydrogen) atoms. The Balaban J connectivity index is 2.43. The minimum absolute atomic E-state index is 0.00597. The monoisotopic (exact) mass is 172 g/mol. The van der Waals surface area contributed by atoms with E-state index in [0.29, 0.717) is 0 Å². The zero-order valence-electron chi connectivity index (χ0n) is 7.36. The van der Waals surface area contributed by atoms with E-state index in [1.807, 2.05) is 7.05 Å². The molecule has 2 atom stereocenters. The van der Waals surface area contributed by atoms with Gasteiger partial charge in [0.1, 0.15) is 6.10 Å². The van der Waals surface area contributed by atoms with Crippen molar-refractivity contribution in [2.24, 2.45) is 11.7 Å². The molecule has 0 amide bonds. The second kappa shape index (κ2) is 3.98. The minimum atomic E-state index is -0.957. The van der Waals surface area contributed by atoms with Crippen LogP contribution in [0, 0.1) is 5.92 Å². The summed E-state index contributed by atoms with van der Waals surface area (Å²) in [6.45, 7) is 1.74. The predicted octanol–water partition coefficient (Wildman–Crippen LogP) is -1.17. The topological polar surface area (TPSA) is 66.6 Å². The maximum Gasteiger partial charge on any atom is 0.166 e. The van der Waals surface area contributed by atoms with Gasteiger partial charge < -0.3 is 15.7 Å². The van der Waals surface area contributed by atoms with E-state index in [1.54, 1.807) is 0 Å². The zero-order chi connectivity index (χ0) is 9.14. The largest absolute Gasteiger partial charge is 0.384 e. The summed E-state index contributed by atoms with van der Waals surface area (Å²) < 4.78 is 0. The van der Waals surface area contributed by atoms with E-state index in [4.69, 9.17) is 5.73 Å². The first-order valence-electron chi connectivity index (χ1n) is 4.25. The standard InChI is InChI=1S/C8H16N2O2/c1-10-3-2-6(5-10)8(12)7(11)4-9/h6-7,11H,2-5,9H2,1H3. The number of carbonyl (C=O) groups is 1. The van der Waals surface area contributed by atoms with Crippen LogP contribution in [0.3, 0.4) is 0 Å². The second-order valence-corrected chi connectivity index (χ2v) is 3.40. The van der Waals surface area contributed by atoms with Gasteiger partial charge in [-0.1, -0.05) is 0 Å². The Morgan fingerprint density at radius 1 is 1.83 bits per heavy atom. The molecule has 1 heterocycles. The summed E-state index contributed by atoms with van der Waals surface area (Å²) in [5, 5.41) is 9.18. The Hall–Kier alpha value is -0.450. The van der Waals surface area contributed by atoms with E-state index < -0.39 is 6.10 Å². The van der Waals surface area contributed by atoms with Crippen LogP contribution in [-0.2, 0) is 4.79 Å². The summed E-state index contributed by atoms with van der Waals surface area (Å²) in [7, 11) is 1.97. The number of likely N-dealkylation sites (tertiary alicyclic amines) is 1. The summed E-state index contributed by atoms with van der Waals surface area (Å²) >= 11 is 0. The number of nitrogens with zero attached hydrogens (tertiary/aromatic N) is 1. The van der Waals surface area contributed by atoms with E-state index in [2.05, 4.69) is 4.90 Å². The fraction of sp³-hybridized carbons (Fsp3) is 0.875.